The van der Waals surface area contributed by atoms with Gasteiger partial charge >= 0.3 is 0 Å². The van der Waals surface area contributed by atoms with E-state index in [0.29, 0.717) is 0 Å². The quantitative estimate of drug-likeness (QED) is 0.301. The van der Waals surface area contributed by atoms with Crippen LogP contribution in [0.25, 0.3) is 17.1 Å². The Hall–Kier alpha value is -3.98. The van der Waals surface area contributed by atoms with Crippen LogP contribution in [-0.4, -0.2) is 9.97 Å². The van der Waals surface area contributed by atoms with E-state index in [9.17, 15) is 0 Å². The van der Waals surface area contributed by atoms with Crippen molar-refractivity contribution in [2.75, 3.05) is 4.90 Å². The normalized spacial score (nSPS) is 15.2. The molecule has 0 N–H and O–H groups in total. The number of rotatable bonds is 4. The Morgan fingerprint density at radius 1 is 0.694 bits per heavy atom. The number of aromatic nitrogens is 2. The van der Waals surface area contributed by atoms with Crippen LogP contribution < -0.4 is 4.90 Å². The largest absolute Gasteiger partial charge is 0.328 e. The van der Waals surface area contributed by atoms with Gasteiger partial charge in [-0.25, -0.2) is 4.98 Å². The number of allylic oxidation sites excluding steroid dienone is 2. The molecule has 1 aliphatic heterocycles. The van der Waals surface area contributed by atoms with Crippen LogP contribution in [-0.2, 0) is 0 Å². The van der Waals surface area contributed by atoms with Crippen molar-refractivity contribution in [2.24, 2.45) is 0 Å². The number of benzene rings is 2. The predicted molar refractivity (Wildman–Crippen MR) is 151 cm³/mol. The zero-order valence-electron chi connectivity index (χ0n) is 22.0. The van der Waals surface area contributed by atoms with Crippen molar-refractivity contribution in [3.63, 3.8) is 0 Å². The fourth-order valence-electron chi connectivity index (χ4n) is 5.67. The zero-order chi connectivity index (χ0) is 25.4. The summed E-state index contributed by atoms with van der Waals surface area (Å²) < 4.78 is 0. The molecule has 180 valence electrons. The predicted octanol–water partition coefficient (Wildman–Crippen LogP) is 8.15. The lowest BCUT2D eigenvalue weighted by Gasteiger charge is -2.39. The van der Waals surface area contributed by atoms with Crippen LogP contribution in [0.15, 0.2) is 85.1 Å². The maximum Gasteiger partial charge on any atom is 0.0949 e. The van der Waals surface area contributed by atoms with Gasteiger partial charge in [-0.05, 0) is 94.1 Å². The minimum atomic E-state index is -0.0473. The molecule has 0 bridgehead atoms. The van der Waals surface area contributed by atoms with E-state index in [2.05, 4.69) is 106 Å². The smallest absolute Gasteiger partial charge is 0.0949 e. The van der Waals surface area contributed by atoms with E-state index in [1.54, 1.807) is 0 Å². The molecule has 0 aliphatic carbocycles. The minimum absolute atomic E-state index is 0.0473. The van der Waals surface area contributed by atoms with Crippen LogP contribution in [0.4, 0.5) is 5.69 Å². The Labute approximate surface area is 214 Å². The monoisotopic (exact) mass is 471 g/mol. The first-order chi connectivity index (χ1) is 17.3. The Bertz CT molecular complexity index is 1450. The van der Waals surface area contributed by atoms with Crippen molar-refractivity contribution in [1.82, 2.24) is 9.97 Å². The Morgan fingerprint density at radius 3 is 1.97 bits per heavy atom. The highest BCUT2D eigenvalue weighted by atomic mass is 15.2. The van der Waals surface area contributed by atoms with Crippen molar-refractivity contribution < 1.29 is 0 Å². The van der Waals surface area contributed by atoms with Gasteiger partial charge in [-0.2, -0.15) is 0 Å². The van der Waals surface area contributed by atoms with Crippen molar-refractivity contribution in [3.05, 3.63) is 130 Å². The molecule has 1 aliphatic rings. The van der Waals surface area contributed by atoms with Crippen molar-refractivity contribution in [2.45, 2.75) is 47.6 Å². The highest BCUT2D eigenvalue weighted by Crippen LogP contribution is 2.43. The summed E-state index contributed by atoms with van der Waals surface area (Å²) in [4.78, 5) is 12.1. The lowest BCUT2D eigenvalue weighted by atomic mass is 9.91. The summed E-state index contributed by atoms with van der Waals surface area (Å²) in [5.74, 6) is 0. The molecule has 3 heterocycles. The molecule has 0 fully saturated rings. The fraction of sp³-hybridized carbons (Fsp3) is 0.212. The van der Waals surface area contributed by atoms with Crippen LogP contribution in [0.5, 0.6) is 0 Å². The molecule has 3 nitrogen and oxygen atoms in total. The number of hydrogen-bond donors (Lipinski definition) is 0. The number of nitrogens with zero attached hydrogens (tertiary/aromatic N) is 3. The van der Waals surface area contributed by atoms with Gasteiger partial charge in [0, 0.05) is 23.1 Å². The Kier molecular flexibility index (Phi) is 6.32. The van der Waals surface area contributed by atoms with Crippen molar-refractivity contribution in [3.8, 4) is 11.4 Å². The van der Waals surface area contributed by atoms with Gasteiger partial charge in [0.25, 0.3) is 0 Å². The summed E-state index contributed by atoms with van der Waals surface area (Å²) in [5.41, 5.74) is 14.2. The lowest BCUT2D eigenvalue weighted by molar-refractivity contribution is 0.807. The van der Waals surface area contributed by atoms with Gasteiger partial charge in [0.2, 0.25) is 0 Å². The second-order valence-electron chi connectivity index (χ2n) is 9.94. The summed E-state index contributed by atoms with van der Waals surface area (Å²) in [5, 5.41) is 0. The van der Waals surface area contributed by atoms with Crippen LogP contribution >= 0.6 is 0 Å². The zero-order valence-corrected chi connectivity index (χ0v) is 22.0. The molecule has 0 amide bonds. The fourth-order valence-corrected chi connectivity index (χ4v) is 5.67. The molecule has 0 spiro atoms. The average Bonchev–Trinajstić information content (AvgIpc) is 2.84. The van der Waals surface area contributed by atoms with Crippen molar-refractivity contribution >= 4 is 11.4 Å². The van der Waals surface area contributed by atoms with Gasteiger partial charge < -0.3 is 4.90 Å². The number of aryl methyl sites for hydroxylation is 6. The first kappa shape index (κ1) is 23.7. The standard InChI is InChI=1S/C33H33N3/c1-21-17-23(3)32(24(4)18-21)31-15-10-14-30(36(31)33-25(5)19-22(2)20-26(33)6)29-13-9-12-28(35-29)27-11-7-8-16-34-27/h7-20,30H,1-6H3. The molecule has 3 heteroatoms. The average molecular weight is 472 g/mol. The summed E-state index contributed by atoms with van der Waals surface area (Å²) >= 11 is 0. The summed E-state index contributed by atoms with van der Waals surface area (Å²) in [6.07, 6.45) is 8.51. The van der Waals surface area contributed by atoms with Gasteiger partial charge in [0.1, 0.15) is 0 Å². The molecule has 2 aromatic carbocycles. The third kappa shape index (κ3) is 4.37. The summed E-state index contributed by atoms with van der Waals surface area (Å²) in [6.45, 7) is 13.2. The van der Waals surface area contributed by atoms with E-state index in [1.165, 1.54) is 50.3 Å². The van der Waals surface area contributed by atoms with Crippen molar-refractivity contribution in [1.29, 1.82) is 0 Å². The van der Waals surface area contributed by atoms with E-state index in [-0.39, 0.29) is 6.04 Å². The Morgan fingerprint density at radius 2 is 1.33 bits per heavy atom. The van der Waals surface area contributed by atoms with Crippen LogP contribution in [0.3, 0.4) is 0 Å². The molecule has 5 rings (SSSR count). The number of pyridine rings is 2. The highest BCUT2D eigenvalue weighted by Gasteiger charge is 2.30. The third-order valence-corrected chi connectivity index (χ3v) is 6.90. The van der Waals surface area contributed by atoms with Gasteiger partial charge in [0.15, 0.2) is 0 Å². The highest BCUT2D eigenvalue weighted by molar-refractivity contribution is 5.87. The second-order valence-corrected chi connectivity index (χ2v) is 9.94. The van der Waals surface area contributed by atoms with E-state index in [4.69, 9.17) is 4.98 Å². The molecule has 0 saturated heterocycles. The topological polar surface area (TPSA) is 29.0 Å². The molecular weight excluding hydrogens is 438 g/mol. The van der Waals surface area contributed by atoms with Gasteiger partial charge in [-0.3, -0.25) is 4.98 Å². The lowest BCUT2D eigenvalue weighted by Crippen LogP contribution is -2.30. The van der Waals surface area contributed by atoms with E-state index < -0.39 is 0 Å². The molecular formula is C33H33N3. The molecule has 1 atom stereocenters. The maximum atomic E-state index is 5.12. The first-order valence-electron chi connectivity index (χ1n) is 12.6. The molecule has 4 aromatic rings. The number of anilines is 1. The molecule has 0 saturated carbocycles. The second kappa shape index (κ2) is 9.58. The van der Waals surface area contributed by atoms with E-state index in [0.717, 1.165) is 17.1 Å². The minimum Gasteiger partial charge on any atom is -0.328 e. The number of hydrogen-bond acceptors (Lipinski definition) is 3. The molecule has 1 unspecified atom stereocenters. The summed E-state index contributed by atoms with van der Waals surface area (Å²) in [6, 6.07) is 21.3. The molecule has 2 aromatic heterocycles. The van der Waals surface area contributed by atoms with Gasteiger partial charge in [-0.15, -0.1) is 0 Å². The summed E-state index contributed by atoms with van der Waals surface area (Å²) in [7, 11) is 0. The van der Waals surface area contributed by atoms with Crippen LogP contribution in [0.1, 0.15) is 50.7 Å². The van der Waals surface area contributed by atoms with Crippen LogP contribution in [0, 0.1) is 41.5 Å². The van der Waals surface area contributed by atoms with Gasteiger partial charge in [-0.1, -0.05) is 59.7 Å². The first-order valence-corrected chi connectivity index (χ1v) is 12.6. The SMILES string of the molecule is Cc1cc(C)c(C2=CC=CC(c3cccc(-c4ccccn4)n3)N2c2c(C)cc(C)cc2C)c(C)c1. The van der Waals surface area contributed by atoms with E-state index in [1.807, 2.05) is 30.5 Å². The Balaban J connectivity index is 1.72. The molecule has 36 heavy (non-hydrogen) atoms. The van der Waals surface area contributed by atoms with Gasteiger partial charge in [0.05, 0.1) is 23.1 Å². The third-order valence-electron chi connectivity index (χ3n) is 6.90. The van der Waals surface area contributed by atoms with E-state index >= 15 is 0 Å². The maximum absolute atomic E-state index is 5.12. The molecule has 0 radical (unpaired) electrons. The van der Waals surface area contributed by atoms with Crippen LogP contribution in [0.2, 0.25) is 0 Å².